The van der Waals surface area contributed by atoms with E-state index >= 15 is 0 Å². The molecular formula is C11H15FO2. The number of hydrogen-bond acceptors (Lipinski definition) is 2. The van der Waals surface area contributed by atoms with E-state index in [2.05, 4.69) is 0 Å². The molecule has 0 amide bonds. The Balaban J connectivity index is 2.85. The Morgan fingerprint density at radius 3 is 2.71 bits per heavy atom. The molecule has 1 aromatic carbocycles. The van der Waals surface area contributed by atoms with Crippen molar-refractivity contribution in [2.45, 2.75) is 25.9 Å². The van der Waals surface area contributed by atoms with Crippen LogP contribution in [0, 0.1) is 5.82 Å². The van der Waals surface area contributed by atoms with Crippen molar-refractivity contribution in [1.82, 2.24) is 0 Å². The first-order chi connectivity index (χ1) is 6.69. The van der Waals surface area contributed by atoms with Crippen molar-refractivity contribution < 1.29 is 14.2 Å². The normalized spacial score (nSPS) is 12.6. The molecule has 0 aromatic heterocycles. The molecule has 1 N–H and O–H groups in total. The summed E-state index contributed by atoms with van der Waals surface area (Å²) in [6, 6.07) is 4.53. The lowest BCUT2D eigenvalue weighted by molar-refractivity contribution is 0.166. The van der Waals surface area contributed by atoms with Crippen LogP contribution in [0.5, 0.6) is 5.75 Å². The third-order valence-corrected chi connectivity index (χ3v) is 2.12. The molecular weight excluding hydrogens is 183 g/mol. The van der Waals surface area contributed by atoms with Crippen molar-refractivity contribution in [2.24, 2.45) is 0 Å². The second-order valence-corrected chi connectivity index (χ2v) is 3.20. The van der Waals surface area contributed by atoms with E-state index in [1.807, 2.05) is 6.92 Å². The number of methoxy groups -OCH3 is 1. The Labute approximate surface area is 83.3 Å². The maximum atomic E-state index is 13.2. The van der Waals surface area contributed by atoms with E-state index in [-0.39, 0.29) is 5.75 Å². The van der Waals surface area contributed by atoms with E-state index in [1.54, 1.807) is 6.07 Å². The van der Waals surface area contributed by atoms with Gasteiger partial charge in [-0.1, -0.05) is 19.4 Å². The summed E-state index contributed by atoms with van der Waals surface area (Å²) in [6.45, 7) is 1.98. The Kier molecular flexibility index (Phi) is 3.89. The lowest BCUT2D eigenvalue weighted by Gasteiger charge is -2.10. The second kappa shape index (κ2) is 4.96. The first-order valence-corrected chi connectivity index (χ1v) is 4.70. The van der Waals surface area contributed by atoms with E-state index in [0.29, 0.717) is 12.0 Å². The molecule has 14 heavy (non-hydrogen) atoms. The predicted octanol–water partition coefficient (Wildman–Crippen LogP) is 2.67. The molecule has 0 aliphatic rings. The molecule has 78 valence electrons. The second-order valence-electron chi connectivity index (χ2n) is 3.20. The Morgan fingerprint density at radius 1 is 1.50 bits per heavy atom. The van der Waals surface area contributed by atoms with Gasteiger partial charge in [0.05, 0.1) is 13.2 Å². The van der Waals surface area contributed by atoms with Gasteiger partial charge in [0, 0.05) is 0 Å². The lowest BCUT2D eigenvalue weighted by atomic mass is 10.1. The summed E-state index contributed by atoms with van der Waals surface area (Å²) >= 11 is 0. The maximum absolute atomic E-state index is 13.2. The highest BCUT2D eigenvalue weighted by molar-refractivity contribution is 5.30. The van der Waals surface area contributed by atoms with Crippen LogP contribution >= 0.6 is 0 Å². The third kappa shape index (κ3) is 2.45. The van der Waals surface area contributed by atoms with Crippen molar-refractivity contribution in [1.29, 1.82) is 0 Å². The van der Waals surface area contributed by atoms with Gasteiger partial charge in [-0.05, 0) is 24.1 Å². The van der Waals surface area contributed by atoms with Gasteiger partial charge in [-0.2, -0.15) is 0 Å². The molecule has 0 aliphatic heterocycles. The fraction of sp³-hybridized carbons (Fsp3) is 0.455. The summed E-state index contributed by atoms with van der Waals surface area (Å²) in [7, 11) is 1.42. The van der Waals surface area contributed by atoms with Crippen LogP contribution in [-0.4, -0.2) is 12.2 Å². The average molecular weight is 198 g/mol. The predicted molar refractivity (Wildman–Crippen MR) is 52.8 cm³/mol. The van der Waals surface area contributed by atoms with Gasteiger partial charge in [-0.15, -0.1) is 0 Å². The fourth-order valence-corrected chi connectivity index (χ4v) is 1.33. The molecule has 1 rings (SSSR count). The molecule has 0 heterocycles. The molecule has 1 atom stereocenters. The first-order valence-electron chi connectivity index (χ1n) is 4.70. The van der Waals surface area contributed by atoms with E-state index < -0.39 is 11.9 Å². The number of hydrogen-bond donors (Lipinski definition) is 1. The molecule has 0 bridgehead atoms. The van der Waals surface area contributed by atoms with Crippen molar-refractivity contribution in [2.75, 3.05) is 7.11 Å². The van der Waals surface area contributed by atoms with Crippen LogP contribution in [0.3, 0.4) is 0 Å². The summed E-state index contributed by atoms with van der Waals surface area (Å²) in [5, 5.41) is 9.60. The summed E-state index contributed by atoms with van der Waals surface area (Å²) in [5.74, 6) is -0.224. The van der Waals surface area contributed by atoms with Gasteiger partial charge >= 0.3 is 0 Å². The number of aliphatic hydroxyl groups excluding tert-OH is 1. The number of rotatable bonds is 4. The summed E-state index contributed by atoms with van der Waals surface area (Å²) in [6.07, 6.45) is 0.932. The molecule has 0 unspecified atom stereocenters. The highest BCUT2D eigenvalue weighted by atomic mass is 19.1. The zero-order chi connectivity index (χ0) is 10.6. The van der Waals surface area contributed by atoms with Crippen LogP contribution in [0.2, 0.25) is 0 Å². The van der Waals surface area contributed by atoms with Gasteiger partial charge in [-0.3, -0.25) is 0 Å². The van der Waals surface area contributed by atoms with Crippen molar-refractivity contribution in [3.05, 3.63) is 29.6 Å². The fourth-order valence-electron chi connectivity index (χ4n) is 1.33. The van der Waals surface area contributed by atoms with Gasteiger partial charge in [0.15, 0.2) is 11.6 Å². The van der Waals surface area contributed by atoms with Crippen LogP contribution < -0.4 is 4.74 Å². The number of aliphatic hydroxyl groups is 1. The van der Waals surface area contributed by atoms with Gasteiger partial charge in [0.1, 0.15) is 0 Å². The van der Waals surface area contributed by atoms with E-state index in [4.69, 9.17) is 4.74 Å². The smallest absolute Gasteiger partial charge is 0.165 e. The minimum atomic E-state index is -0.583. The van der Waals surface area contributed by atoms with Crippen LogP contribution in [0.15, 0.2) is 18.2 Å². The molecule has 0 saturated carbocycles. The number of halogens is 1. The van der Waals surface area contributed by atoms with E-state index in [9.17, 15) is 9.50 Å². The van der Waals surface area contributed by atoms with Crippen LogP contribution in [0.25, 0.3) is 0 Å². The lowest BCUT2D eigenvalue weighted by Crippen LogP contribution is -1.98. The van der Waals surface area contributed by atoms with Crippen LogP contribution in [0.4, 0.5) is 4.39 Å². The molecule has 0 spiro atoms. The van der Waals surface area contributed by atoms with Crippen LogP contribution in [-0.2, 0) is 0 Å². The minimum Gasteiger partial charge on any atom is -0.494 e. The van der Waals surface area contributed by atoms with E-state index in [1.165, 1.54) is 19.2 Å². The quantitative estimate of drug-likeness (QED) is 0.806. The average Bonchev–Trinajstić information content (AvgIpc) is 2.18. The number of ether oxygens (including phenoxy) is 1. The summed E-state index contributed by atoms with van der Waals surface area (Å²) < 4.78 is 18.0. The molecule has 1 aromatic rings. The Hall–Kier alpha value is -1.09. The Bertz CT molecular complexity index is 299. The number of benzene rings is 1. The van der Waals surface area contributed by atoms with Gasteiger partial charge in [-0.25, -0.2) is 4.39 Å². The van der Waals surface area contributed by atoms with Crippen LogP contribution in [0.1, 0.15) is 31.4 Å². The zero-order valence-corrected chi connectivity index (χ0v) is 8.46. The summed E-state index contributed by atoms with van der Waals surface area (Å²) in [5.41, 5.74) is 0.602. The SMILES string of the molecule is CCC[C@H](O)c1ccc(OC)c(F)c1. The van der Waals surface area contributed by atoms with Gasteiger partial charge in [0.2, 0.25) is 0 Å². The molecule has 0 radical (unpaired) electrons. The largest absolute Gasteiger partial charge is 0.494 e. The zero-order valence-electron chi connectivity index (χ0n) is 8.46. The first kappa shape index (κ1) is 11.0. The monoisotopic (exact) mass is 198 g/mol. The summed E-state index contributed by atoms with van der Waals surface area (Å²) in [4.78, 5) is 0. The molecule has 2 nitrogen and oxygen atoms in total. The molecule has 3 heteroatoms. The minimum absolute atomic E-state index is 0.206. The molecule has 0 fully saturated rings. The van der Waals surface area contributed by atoms with Crippen molar-refractivity contribution in [3.63, 3.8) is 0 Å². The third-order valence-electron chi connectivity index (χ3n) is 2.12. The highest BCUT2D eigenvalue weighted by Crippen LogP contribution is 2.23. The van der Waals surface area contributed by atoms with Crippen molar-refractivity contribution in [3.8, 4) is 5.75 Å². The van der Waals surface area contributed by atoms with Gasteiger partial charge < -0.3 is 9.84 Å². The highest BCUT2D eigenvalue weighted by Gasteiger charge is 2.09. The van der Waals surface area contributed by atoms with Crippen molar-refractivity contribution >= 4 is 0 Å². The van der Waals surface area contributed by atoms with Gasteiger partial charge in [0.25, 0.3) is 0 Å². The maximum Gasteiger partial charge on any atom is 0.165 e. The molecule has 0 aliphatic carbocycles. The van der Waals surface area contributed by atoms with E-state index in [0.717, 1.165) is 6.42 Å². The Morgan fingerprint density at radius 2 is 2.21 bits per heavy atom. The topological polar surface area (TPSA) is 29.5 Å². The molecule has 0 saturated heterocycles. The standard InChI is InChI=1S/C11H15FO2/c1-3-4-10(13)8-5-6-11(14-2)9(12)7-8/h5-7,10,13H,3-4H2,1-2H3/t10-/m0/s1.